The first-order valence-electron chi connectivity index (χ1n) is 9.03. The van der Waals surface area contributed by atoms with E-state index in [1.807, 2.05) is 12.1 Å². The molecule has 0 saturated carbocycles. The molecule has 1 N–H and O–H groups in total. The molecule has 144 valence electrons. The molecule has 1 aliphatic heterocycles. The van der Waals surface area contributed by atoms with Gasteiger partial charge in [0, 0.05) is 30.4 Å². The maximum absolute atomic E-state index is 13.2. The first-order valence-corrected chi connectivity index (χ1v) is 10.7. The molecule has 7 heteroatoms. The highest BCUT2D eigenvalue weighted by molar-refractivity contribution is 7.91. The molecule has 3 rings (SSSR count). The smallest absolute Gasteiger partial charge is 0.251 e. The Bertz CT molecular complexity index is 905. The summed E-state index contributed by atoms with van der Waals surface area (Å²) in [5.74, 6) is -0.601. The van der Waals surface area contributed by atoms with E-state index in [1.165, 1.54) is 18.2 Å². The van der Waals surface area contributed by atoms with Crippen LogP contribution in [0.2, 0.25) is 0 Å². The van der Waals surface area contributed by atoms with Crippen molar-refractivity contribution in [2.45, 2.75) is 30.7 Å². The number of rotatable bonds is 5. The number of halogens is 1. The monoisotopic (exact) mass is 390 g/mol. The summed E-state index contributed by atoms with van der Waals surface area (Å²) in [6, 6.07) is 12.6. The summed E-state index contributed by atoms with van der Waals surface area (Å²) in [6.07, 6.45) is 1.55. The molecule has 1 heterocycles. The molecular formula is C20H23FN2O3S. The fourth-order valence-corrected chi connectivity index (χ4v) is 4.10. The molecule has 5 nitrogen and oxygen atoms in total. The maximum atomic E-state index is 13.2. The summed E-state index contributed by atoms with van der Waals surface area (Å²) in [5, 5.41) is 2.96. The van der Waals surface area contributed by atoms with Gasteiger partial charge in [0.2, 0.25) is 0 Å². The van der Waals surface area contributed by atoms with Crippen molar-refractivity contribution in [3.05, 3.63) is 59.9 Å². The van der Waals surface area contributed by atoms with Gasteiger partial charge < -0.3 is 10.2 Å². The Morgan fingerprint density at radius 1 is 1.15 bits per heavy atom. The van der Waals surface area contributed by atoms with E-state index in [1.54, 1.807) is 25.1 Å². The lowest BCUT2D eigenvalue weighted by Crippen LogP contribution is -2.44. The zero-order valence-corrected chi connectivity index (χ0v) is 16.0. The summed E-state index contributed by atoms with van der Waals surface area (Å²) < 4.78 is 37.0. The molecular weight excluding hydrogens is 367 g/mol. The van der Waals surface area contributed by atoms with Gasteiger partial charge in [0.25, 0.3) is 5.91 Å². The SMILES string of the molecule is CCS(=O)(=O)c1ccc(N2CCC(NC(=O)c3cccc(F)c3)CC2)cc1. The van der Waals surface area contributed by atoms with Crippen molar-refractivity contribution in [1.82, 2.24) is 5.32 Å². The summed E-state index contributed by atoms with van der Waals surface area (Å²) >= 11 is 0. The van der Waals surface area contributed by atoms with Crippen LogP contribution in [0.4, 0.5) is 10.1 Å². The number of benzene rings is 2. The minimum atomic E-state index is -3.19. The molecule has 0 aromatic heterocycles. The van der Waals surface area contributed by atoms with Crippen molar-refractivity contribution in [3.63, 3.8) is 0 Å². The fraction of sp³-hybridized carbons (Fsp3) is 0.350. The Labute approximate surface area is 159 Å². The minimum absolute atomic E-state index is 0.0387. The van der Waals surface area contributed by atoms with Crippen molar-refractivity contribution in [2.24, 2.45) is 0 Å². The van der Waals surface area contributed by atoms with Gasteiger partial charge in [-0.25, -0.2) is 12.8 Å². The van der Waals surface area contributed by atoms with Crippen molar-refractivity contribution >= 4 is 21.4 Å². The highest BCUT2D eigenvalue weighted by Gasteiger charge is 2.22. The van der Waals surface area contributed by atoms with Crippen LogP contribution >= 0.6 is 0 Å². The Kier molecular flexibility index (Phi) is 5.79. The standard InChI is InChI=1S/C20H23FN2O3S/c1-2-27(25,26)19-8-6-18(7-9-19)23-12-10-17(11-13-23)22-20(24)15-4-3-5-16(21)14-15/h3-9,14,17H,2,10-13H2,1H3,(H,22,24). The van der Waals surface area contributed by atoms with E-state index in [-0.39, 0.29) is 17.7 Å². The highest BCUT2D eigenvalue weighted by Crippen LogP contribution is 2.22. The van der Waals surface area contributed by atoms with Crippen LogP contribution in [0.1, 0.15) is 30.1 Å². The summed E-state index contributed by atoms with van der Waals surface area (Å²) in [5.41, 5.74) is 1.30. The Morgan fingerprint density at radius 3 is 2.41 bits per heavy atom. The van der Waals surface area contributed by atoms with Crippen LogP contribution in [0, 0.1) is 5.82 Å². The first kappa shape index (κ1) is 19.4. The zero-order valence-electron chi connectivity index (χ0n) is 15.2. The molecule has 1 fully saturated rings. The minimum Gasteiger partial charge on any atom is -0.371 e. The average Bonchev–Trinajstić information content (AvgIpc) is 2.68. The highest BCUT2D eigenvalue weighted by atomic mass is 32.2. The predicted molar refractivity (Wildman–Crippen MR) is 103 cm³/mol. The number of sulfone groups is 1. The number of piperidine rings is 1. The topological polar surface area (TPSA) is 66.5 Å². The van der Waals surface area contributed by atoms with E-state index < -0.39 is 15.7 Å². The second-order valence-corrected chi connectivity index (χ2v) is 8.92. The van der Waals surface area contributed by atoms with Crippen molar-refractivity contribution in [1.29, 1.82) is 0 Å². The van der Waals surface area contributed by atoms with E-state index in [0.29, 0.717) is 10.5 Å². The fourth-order valence-electron chi connectivity index (χ4n) is 3.21. The molecule has 0 atom stereocenters. The second kappa shape index (κ2) is 8.08. The molecule has 1 amide bonds. The van der Waals surface area contributed by atoms with Gasteiger partial charge in [0.1, 0.15) is 5.82 Å². The van der Waals surface area contributed by atoms with E-state index in [2.05, 4.69) is 10.2 Å². The van der Waals surface area contributed by atoms with Gasteiger partial charge in [0.05, 0.1) is 10.6 Å². The van der Waals surface area contributed by atoms with Crippen LogP contribution in [-0.4, -0.2) is 39.2 Å². The van der Waals surface area contributed by atoms with Crippen molar-refractivity contribution in [2.75, 3.05) is 23.7 Å². The first-order chi connectivity index (χ1) is 12.9. The molecule has 1 aliphatic rings. The second-order valence-electron chi connectivity index (χ2n) is 6.64. The molecule has 2 aromatic carbocycles. The summed E-state index contributed by atoms with van der Waals surface area (Å²) in [4.78, 5) is 14.7. The Morgan fingerprint density at radius 2 is 1.81 bits per heavy atom. The van der Waals surface area contributed by atoms with Crippen molar-refractivity contribution < 1.29 is 17.6 Å². The van der Waals surface area contributed by atoms with Crippen molar-refractivity contribution in [3.8, 4) is 0 Å². The average molecular weight is 390 g/mol. The Hall–Kier alpha value is -2.41. The lowest BCUT2D eigenvalue weighted by Gasteiger charge is -2.34. The van der Waals surface area contributed by atoms with Gasteiger partial charge in [-0.1, -0.05) is 13.0 Å². The van der Waals surface area contributed by atoms with Crippen LogP contribution in [0.3, 0.4) is 0 Å². The molecule has 0 spiro atoms. The summed E-state index contributed by atoms with van der Waals surface area (Å²) in [7, 11) is -3.19. The van der Waals surface area contributed by atoms with Gasteiger partial charge in [-0.2, -0.15) is 0 Å². The quantitative estimate of drug-likeness (QED) is 0.852. The third kappa shape index (κ3) is 4.66. The van der Waals surface area contributed by atoms with Gasteiger partial charge in [-0.05, 0) is 55.3 Å². The lowest BCUT2D eigenvalue weighted by molar-refractivity contribution is 0.0930. The Balaban J connectivity index is 1.56. The number of anilines is 1. The number of nitrogens with zero attached hydrogens (tertiary/aromatic N) is 1. The molecule has 27 heavy (non-hydrogen) atoms. The molecule has 0 bridgehead atoms. The molecule has 0 unspecified atom stereocenters. The van der Waals surface area contributed by atoms with Gasteiger partial charge >= 0.3 is 0 Å². The van der Waals surface area contributed by atoms with Crippen LogP contribution in [-0.2, 0) is 9.84 Å². The third-order valence-electron chi connectivity index (χ3n) is 4.86. The van der Waals surface area contributed by atoms with Crippen LogP contribution < -0.4 is 10.2 Å². The number of hydrogen-bond donors (Lipinski definition) is 1. The molecule has 2 aromatic rings. The van der Waals surface area contributed by atoms with Gasteiger partial charge in [-0.15, -0.1) is 0 Å². The van der Waals surface area contributed by atoms with Gasteiger partial charge in [0.15, 0.2) is 9.84 Å². The van der Waals surface area contributed by atoms with Crippen LogP contribution in [0.25, 0.3) is 0 Å². The predicted octanol–water partition coefficient (Wildman–Crippen LogP) is 3.02. The number of carbonyl (C=O) groups is 1. The third-order valence-corrected chi connectivity index (χ3v) is 6.61. The van der Waals surface area contributed by atoms with E-state index in [4.69, 9.17) is 0 Å². The maximum Gasteiger partial charge on any atom is 0.251 e. The van der Waals surface area contributed by atoms with Crippen LogP contribution in [0.5, 0.6) is 0 Å². The van der Waals surface area contributed by atoms with Gasteiger partial charge in [-0.3, -0.25) is 4.79 Å². The lowest BCUT2D eigenvalue weighted by atomic mass is 10.0. The van der Waals surface area contributed by atoms with E-state index in [0.717, 1.165) is 31.6 Å². The normalized spacial score (nSPS) is 15.6. The zero-order chi connectivity index (χ0) is 19.4. The molecule has 0 aliphatic carbocycles. The molecule has 1 saturated heterocycles. The summed E-state index contributed by atoms with van der Waals surface area (Å²) in [6.45, 7) is 3.15. The van der Waals surface area contributed by atoms with Crippen LogP contribution in [0.15, 0.2) is 53.4 Å². The number of hydrogen-bond acceptors (Lipinski definition) is 4. The largest absolute Gasteiger partial charge is 0.371 e. The molecule has 0 radical (unpaired) electrons. The number of carbonyl (C=O) groups excluding carboxylic acids is 1. The van der Waals surface area contributed by atoms with E-state index in [9.17, 15) is 17.6 Å². The number of nitrogens with one attached hydrogen (secondary N) is 1. The number of amides is 1. The van der Waals surface area contributed by atoms with E-state index >= 15 is 0 Å².